The van der Waals surface area contributed by atoms with Crippen LogP contribution in [-0.2, 0) is 0 Å². The fraction of sp³-hybridized carbons (Fsp3) is 0.533. The van der Waals surface area contributed by atoms with E-state index in [0.29, 0.717) is 16.6 Å². The highest BCUT2D eigenvalue weighted by atomic mass is 32.1. The quantitative estimate of drug-likeness (QED) is 0.904. The zero-order valence-corrected chi connectivity index (χ0v) is 13.9. The first-order valence-electron chi connectivity index (χ1n) is 7.35. The maximum absolute atomic E-state index is 12.3. The van der Waals surface area contributed by atoms with Gasteiger partial charge in [-0.05, 0) is 44.1 Å². The highest BCUT2D eigenvalue weighted by Gasteiger charge is 2.20. The van der Waals surface area contributed by atoms with Crippen molar-refractivity contribution < 1.29 is 4.79 Å². The standard InChI is InChI=1S/C15H19N3OS2/c1-9-13(10(2)21-18-9)14(19)17-15-16-8-12(20-15)11-6-4-3-5-7-11/h8,11H,3-7H2,1-2H3,(H,16,17,19). The first-order chi connectivity index (χ1) is 10.1. The summed E-state index contributed by atoms with van der Waals surface area (Å²) in [7, 11) is 0. The molecule has 1 aliphatic carbocycles. The van der Waals surface area contributed by atoms with E-state index in [4.69, 9.17) is 0 Å². The van der Waals surface area contributed by atoms with Crippen molar-refractivity contribution in [3.8, 4) is 0 Å². The van der Waals surface area contributed by atoms with Crippen molar-refractivity contribution >= 4 is 33.9 Å². The van der Waals surface area contributed by atoms with E-state index in [-0.39, 0.29) is 5.91 Å². The molecule has 0 radical (unpaired) electrons. The Balaban J connectivity index is 1.71. The van der Waals surface area contributed by atoms with Crippen LogP contribution in [0.25, 0.3) is 0 Å². The molecule has 0 bridgehead atoms. The van der Waals surface area contributed by atoms with Gasteiger partial charge in [-0.15, -0.1) is 11.3 Å². The minimum absolute atomic E-state index is 0.0942. The SMILES string of the molecule is Cc1nsc(C)c1C(=O)Nc1ncc(C2CCCCC2)s1. The number of carbonyl (C=O) groups is 1. The van der Waals surface area contributed by atoms with Crippen molar-refractivity contribution in [1.29, 1.82) is 0 Å². The van der Waals surface area contributed by atoms with Crippen molar-refractivity contribution in [1.82, 2.24) is 9.36 Å². The summed E-state index contributed by atoms with van der Waals surface area (Å²) in [4.78, 5) is 19.0. The van der Waals surface area contributed by atoms with Crippen LogP contribution >= 0.6 is 22.9 Å². The molecule has 21 heavy (non-hydrogen) atoms. The average Bonchev–Trinajstić information content (AvgIpc) is 3.07. The lowest BCUT2D eigenvalue weighted by atomic mass is 9.89. The van der Waals surface area contributed by atoms with Gasteiger partial charge < -0.3 is 0 Å². The summed E-state index contributed by atoms with van der Waals surface area (Å²) in [5.41, 5.74) is 1.48. The van der Waals surface area contributed by atoms with Crippen LogP contribution in [-0.4, -0.2) is 15.3 Å². The third-order valence-corrected chi connectivity index (χ3v) is 5.93. The van der Waals surface area contributed by atoms with Crippen LogP contribution < -0.4 is 5.32 Å². The van der Waals surface area contributed by atoms with Crippen LogP contribution in [0.15, 0.2) is 6.20 Å². The van der Waals surface area contributed by atoms with Crippen LogP contribution in [0, 0.1) is 13.8 Å². The Bertz CT molecular complexity index is 622. The number of hydrogen-bond acceptors (Lipinski definition) is 5. The van der Waals surface area contributed by atoms with Crippen LogP contribution in [0.4, 0.5) is 5.13 Å². The van der Waals surface area contributed by atoms with E-state index in [1.807, 2.05) is 20.0 Å². The largest absolute Gasteiger partial charge is 0.298 e. The summed E-state index contributed by atoms with van der Waals surface area (Å²) in [6, 6.07) is 0. The maximum Gasteiger partial charge on any atom is 0.260 e. The molecular weight excluding hydrogens is 302 g/mol. The minimum Gasteiger partial charge on any atom is -0.298 e. The number of thiazole rings is 1. The van der Waals surface area contributed by atoms with E-state index in [1.165, 1.54) is 48.5 Å². The van der Waals surface area contributed by atoms with Crippen molar-refractivity contribution in [2.24, 2.45) is 0 Å². The first kappa shape index (κ1) is 14.7. The number of nitrogens with one attached hydrogen (secondary N) is 1. The molecule has 0 unspecified atom stereocenters. The molecule has 1 N–H and O–H groups in total. The Morgan fingerprint density at radius 2 is 2.05 bits per heavy atom. The summed E-state index contributed by atoms with van der Waals surface area (Å²) in [5.74, 6) is 0.538. The topological polar surface area (TPSA) is 54.9 Å². The number of nitrogens with zero attached hydrogens (tertiary/aromatic N) is 2. The predicted molar refractivity (Wildman–Crippen MR) is 87.5 cm³/mol. The highest BCUT2D eigenvalue weighted by molar-refractivity contribution is 7.15. The molecule has 0 aliphatic heterocycles. The number of aryl methyl sites for hydroxylation is 2. The zero-order chi connectivity index (χ0) is 14.8. The van der Waals surface area contributed by atoms with Crippen molar-refractivity contribution in [2.45, 2.75) is 51.9 Å². The summed E-state index contributed by atoms with van der Waals surface area (Å²) < 4.78 is 4.22. The van der Waals surface area contributed by atoms with Crippen molar-refractivity contribution in [2.75, 3.05) is 5.32 Å². The average molecular weight is 321 g/mol. The van der Waals surface area contributed by atoms with Gasteiger partial charge in [0, 0.05) is 16.0 Å². The minimum atomic E-state index is -0.0942. The third kappa shape index (κ3) is 3.16. The first-order valence-corrected chi connectivity index (χ1v) is 8.94. The molecule has 2 aromatic heterocycles. The van der Waals surface area contributed by atoms with Crippen LogP contribution in [0.5, 0.6) is 0 Å². The summed E-state index contributed by atoms with van der Waals surface area (Å²) >= 11 is 2.99. The van der Waals surface area contributed by atoms with E-state index in [0.717, 1.165) is 10.6 Å². The molecule has 6 heteroatoms. The highest BCUT2D eigenvalue weighted by Crippen LogP contribution is 2.36. The summed E-state index contributed by atoms with van der Waals surface area (Å²) in [6.45, 7) is 3.79. The molecule has 3 rings (SSSR count). The molecule has 1 amide bonds. The molecule has 1 saturated carbocycles. The molecule has 1 fully saturated rings. The van der Waals surface area contributed by atoms with Crippen LogP contribution in [0.3, 0.4) is 0 Å². The molecule has 2 aromatic rings. The van der Waals surface area contributed by atoms with Gasteiger partial charge >= 0.3 is 0 Å². The van der Waals surface area contributed by atoms with Gasteiger partial charge in [0.25, 0.3) is 5.91 Å². The second-order valence-corrected chi connectivity index (χ2v) is 7.60. The van der Waals surface area contributed by atoms with E-state index < -0.39 is 0 Å². The molecule has 0 spiro atoms. The predicted octanol–water partition coefficient (Wildman–Crippen LogP) is 4.52. The Hall–Kier alpha value is -1.27. The van der Waals surface area contributed by atoms with Gasteiger partial charge in [-0.3, -0.25) is 10.1 Å². The number of rotatable bonds is 3. The zero-order valence-electron chi connectivity index (χ0n) is 12.3. The Morgan fingerprint density at radius 1 is 1.29 bits per heavy atom. The Kier molecular flexibility index (Phi) is 4.35. The smallest absolute Gasteiger partial charge is 0.260 e. The van der Waals surface area contributed by atoms with Gasteiger partial charge in [0.05, 0.1) is 11.3 Å². The lowest BCUT2D eigenvalue weighted by Crippen LogP contribution is -2.13. The van der Waals surface area contributed by atoms with E-state index >= 15 is 0 Å². The fourth-order valence-electron chi connectivity index (χ4n) is 2.89. The van der Waals surface area contributed by atoms with Crippen molar-refractivity contribution in [3.63, 3.8) is 0 Å². The van der Waals surface area contributed by atoms with Gasteiger partial charge in [-0.2, -0.15) is 4.37 Å². The molecule has 1 aliphatic rings. The Labute approximate surface area is 132 Å². The van der Waals surface area contributed by atoms with Gasteiger partial charge in [0.15, 0.2) is 5.13 Å². The van der Waals surface area contributed by atoms with E-state index in [1.54, 1.807) is 11.3 Å². The monoisotopic (exact) mass is 321 g/mol. The fourth-order valence-corrected chi connectivity index (χ4v) is 4.56. The van der Waals surface area contributed by atoms with Gasteiger partial charge in [-0.1, -0.05) is 19.3 Å². The van der Waals surface area contributed by atoms with Gasteiger partial charge in [0.1, 0.15) is 0 Å². The normalized spacial score (nSPS) is 16.1. The molecule has 0 saturated heterocycles. The van der Waals surface area contributed by atoms with Crippen LogP contribution in [0.2, 0.25) is 0 Å². The molecular formula is C15H19N3OS2. The molecule has 0 atom stereocenters. The number of amides is 1. The summed E-state index contributed by atoms with van der Waals surface area (Å²) in [5, 5.41) is 3.62. The lowest BCUT2D eigenvalue weighted by Gasteiger charge is -2.19. The van der Waals surface area contributed by atoms with Gasteiger partial charge in [-0.25, -0.2) is 4.98 Å². The lowest BCUT2D eigenvalue weighted by molar-refractivity contribution is 0.102. The number of hydrogen-bond donors (Lipinski definition) is 1. The molecule has 4 nitrogen and oxygen atoms in total. The maximum atomic E-state index is 12.3. The van der Waals surface area contributed by atoms with Gasteiger partial charge in [0.2, 0.25) is 0 Å². The Morgan fingerprint density at radius 3 is 2.71 bits per heavy atom. The summed E-state index contributed by atoms with van der Waals surface area (Å²) in [6.07, 6.45) is 8.40. The molecule has 2 heterocycles. The number of aromatic nitrogens is 2. The number of carbonyl (C=O) groups excluding carboxylic acids is 1. The van der Waals surface area contributed by atoms with E-state index in [9.17, 15) is 4.79 Å². The molecule has 112 valence electrons. The van der Waals surface area contributed by atoms with Crippen molar-refractivity contribution in [3.05, 3.63) is 27.2 Å². The van der Waals surface area contributed by atoms with Crippen LogP contribution in [0.1, 0.15) is 63.8 Å². The third-order valence-electron chi connectivity index (χ3n) is 4.01. The second-order valence-electron chi connectivity index (χ2n) is 5.56. The second kappa shape index (κ2) is 6.23. The molecule has 0 aromatic carbocycles. The van der Waals surface area contributed by atoms with E-state index in [2.05, 4.69) is 14.7 Å². The number of anilines is 1.